The summed E-state index contributed by atoms with van der Waals surface area (Å²) in [5.41, 5.74) is 3.32. The van der Waals surface area contributed by atoms with Crippen molar-refractivity contribution < 1.29 is 23.2 Å². The topological polar surface area (TPSA) is 155 Å². The number of amides is 2. The minimum atomic E-state index is -3.81. The quantitative estimate of drug-likeness (QED) is 0.167. The molecule has 0 aliphatic carbocycles. The van der Waals surface area contributed by atoms with E-state index in [1.54, 1.807) is 52.8 Å². The van der Waals surface area contributed by atoms with Gasteiger partial charge >= 0.3 is 0 Å². The molecule has 36 heavy (non-hydrogen) atoms. The van der Waals surface area contributed by atoms with Crippen LogP contribution in [0.1, 0.15) is 31.5 Å². The SMILES string of the molecule is CC(C)CC(C(=O)NO)C(=O)Nc1ccc(Cn2cc(CNS(=O)(=O)c3ccccc3Cl)nn2)cc1. The second-order valence-corrected chi connectivity index (χ2v) is 10.6. The van der Waals surface area contributed by atoms with Crippen molar-refractivity contribution in [2.45, 2.75) is 38.3 Å². The van der Waals surface area contributed by atoms with Crippen LogP contribution in [-0.2, 0) is 32.7 Å². The summed E-state index contributed by atoms with van der Waals surface area (Å²) in [6.45, 7) is 4.06. The van der Waals surface area contributed by atoms with Crippen molar-refractivity contribution in [3.63, 3.8) is 0 Å². The van der Waals surface area contributed by atoms with E-state index < -0.39 is 27.8 Å². The van der Waals surface area contributed by atoms with Crippen LogP contribution in [-0.4, -0.2) is 40.4 Å². The minimum absolute atomic E-state index is 0.0150. The Morgan fingerprint density at radius 2 is 1.78 bits per heavy atom. The van der Waals surface area contributed by atoms with Gasteiger partial charge in [0.05, 0.1) is 30.0 Å². The standard InChI is InChI=1S/C23H27ClN6O5S/c1-15(2)11-19(23(32)28-33)22(31)26-17-9-7-16(8-10-17)13-30-14-18(27-29-30)12-25-36(34,35)21-6-4-3-5-20(21)24/h3-10,14-15,19,25,33H,11-13H2,1-2H3,(H,26,31)(H,28,32). The van der Waals surface area contributed by atoms with Crippen LogP contribution in [0.5, 0.6) is 0 Å². The molecule has 1 atom stereocenters. The highest BCUT2D eigenvalue weighted by Gasteiger charge is 2.27. The summed E-state index contributed by atoms with van der Waals surface area (Å²) in [6.07, 6.45) is 1.91. The Hall–Kier alpha value is -3.32. The molecule has 0 fully saturated rings. The largest absolute Gasteiger partial charge is 0.325 e. The first-order valence-corrected chi connectivity index (χ1v) is 12.9. The fraction of sp³-hybridized carbons (Fsp3) is 0.304. The fourth-order valence-corrected chi connectivity index (χ4v) is 4.91. The Labute approximate surface area is 213 Å². The molecule has 0 radical (unpaired) electrons. The lowest BCUT2D eigenvalue weighted by Crippen LogP contribution is -2.37. The molecule has 3 rings (SSSR count). The number of hydrogen-bond acceptors (Lipinski definition) is 7. The molecule has 4 N–H and O–H groups in total. The molecule has 11 nitrogen and oxygen atoms in total. The maximum absolute atomic E-state index is 12.5. The van der Waals surface area contributed by atoms with E-state index in [4.69, 9.17) is 16.8 Å². The average Bonchev–Trinajstić information content (AvgIpc) is 3.29. The Morgan fingerprint density at radius 3 is 2.42 bits per heavy atom. The lowest BCUT2D eigenvalue weighted by molar-refractivity contribution is -0.139. The maximum Gasteiger partial charge on any atom is 0.255 e. The Kier molecular flexibility index (Phi) is 9.15. The molecule has 13 heteroatoms. The first-order chi connectivity index (χ1) is 17.1. The van der Waals surface area contributed by atoms with E-state index in [1.165, 1.54) is 12.1 Å². The van der Waals surface area contributed by atoms with E-state index in [-0.39, 0.29) is 22.4 Å². The summed E-state index contributed by atoms with van der Waals surface area (Å²) in [6, 6.07) is 13.1. The molecular formula is C23H27ClN6O5S. The van der Waals surface area contributed by atoms with Crippen molar-refractivity contribution in [1.29, 1.82) is 0 Å². The van der Waals surface area contributed by atoms with Gasteiger partial charge in [-0.15, -0.1) is 5.10 Å². The second-order valence-electron chi connectivity index (χ2n) is 8.51. The first-order valence-electron chi connectivity index (χ1n) is 11.1. The molecule has 2 amide bonds. The number of sulfonamides is 1. The Morgan fingerprint density at radius 1 is 1.08 bits per heavy atom. The number of hydroxylamine groups is 1. The molecular weight excluding hydrogens is 508 g/mol. The highest BCUT2D eigenvalue weighted by Crippen LogP contribution is 2.20. The van der Waals surface area contributed by atoms with Crippen molar-refractivity contribution in [1.82, 2.24) is 25.2 Å². The Balaban J connectivity index is 1.58. The van der Waals surface area contributed by atoms with Gasteiger partial charge in [-0.1, -0.05) is 54.9 Å². The van der Waals surface area contributed by atoms with Gasteiger partial charge in [-0.05, 0) is 42.2 Å². The van der Waals surface area contributed by atoms with E-state index in [1.807, 2.05) is 13.8 Å². The molecule has 1 heterocycles. The van der Waals surface area contributed by atoms with Crippen LogP contribution in [0.4, 0.5) is 5.69 Å². The van der Waals surface area contributed by atoms with Gasteiger partial charge < -0.3 is 5.32 Å². The molecule has 0 saturated heterocycles. The summed E-state index contributed by atoms with van der Waals surface area (Å²) in [5, 5.41) is 19.7. The smallest absolute Gasteiger partial charge is 0.255 e. The second kappa shape index (κ2) is 12.1. The fourth-order valence-electron chi connectivity index (χ4n) is 3.40. The van der Waals surface area contributed by atoms with Crippen molar-refractivity contribution in [2.75, 3.05) is 5.32 Å². The van der Waals surface area contributed by atoms with Crippen molar-refractivity contribution in [3.05, 3.63) is 71.0 Å². The van der Waals surface area contributed by atoms with Crippen LogP contribution < -0.4 is 15.5 Å². The van der Waals surface area contributed by atoms with Gasteiger partial charge in [0.2, 0.25) is 15.9 Å². The Bertz CT molecular complexity index is 1310. The number of nitrogens with one attached hydrogen (secondary N) is 3. The van der Waals surface area contributed by atoms with Crippen molar-refractivity contribution >= 4 is 39.1 Å². The molecule has 0 spiro atoms. The average molecular weight is 535 g/mol. The molecule has 0 bridgehead atoms. The van der Waals surface area contributed by atoms with E-state index in [0.717, 1.165) is 5.56 Å². The summed E-state index contributed by atoms with van der Waals surface area (Å²) in [4.78, 5) is 24.3. The van der Waals surface area contributed by atoms with Gasteiger partial charge in [0.25, 0.3) is 5.91 Å². The highest BCUT2D eigenvalue weighted by molar-refractivity contribution is 7.89. The van der Waals surface area contributed by atoms with E-state index in [9.17, 15) is 18.0 Å². The number of rotatable bonds is 11. The lowest BCUT2D eigenvalue weighted by Gasteiger charge is -2.17. The zero-order valence-corrected chi connectivity index (χ0v) is 21.3. The number of anilines is 1. The number of carbonyl (C=O) groups is 2. The molecule has 0 saturated carbocycles. The number of halogens is 1. The molecule has 1 aromatic heterocycles. The zero-order chi connectivity index (χ0) is 26.3. The molecule has 1 unspecified atom stereocenters. The van der Waals surface area contributed by atoms with Crippen LogP contribution in [0, 0.1) is 11.8 Å². The van der Waals surface area contributed by atoms with E-state index in [2.05, 4.69) is 20.4 Å². The van der Waals surface area contributed by atoms with Gasteiger partial charge in [-0.3, -0.25) is 14.8 Å². The normalized spacial score (nSPS) is 12.4. The number of hydrogen-bond donors (Lipinski definition) is 4. The predicted octanol–water partition coefficient (Wildman–Crippen LogP) is 2.56. The molecule has 2 aromatic carbocycles. The summed E-state index contributed by atoms with van der Waals surface area (Å²) in [5.74, 6) is -2.20. The zero-order valence-electron chi connectivity index (χ0n) is 19.7. The maximum atomic E-state index is 12.5. The van der Waals surface area contributed by atoms with Gasteiger partial charge in [-0.2, -0.15) is 0 Å². The van der Waals surface area contributed by atoms with Crippen LogP contribution in [0.25, 0.3) is 0 Å². The molecule has 3 aromatic rings. The van der Waals surface area contributed by atoms with Crippen LogP contribution >= 0.6 is 11.6 Å². The third kappa shape index (κ3) is 7.34. The molecule has 192 valence electrons. The third-order valence-electron chi connectivity index (χ3n) is 5.17. The lowest BCUT2D eigenvalue weighted by atomic mass is 9.95. The van der Waals surface area contributed by atoms with Crippen molar-refractivity contribution in [3.8, 4) is 0 Å². The number of nitrogens with zero attached hydrogens (tertiary/aromatic N) is 3. The van der Waals surface area contributed by atoms with Crippen LogP contribution in [0.15, 0.2) is 59.6 Å². The van der Waals surface area contributed by atoms with Crippen LogP contribution in [0.2, 0.25) is 5.02 Å². The van der Waals surface area contributed by atoms with Gasteiger partial charge in [0.15, 0.2) is 0 Å². The molecule has 0 aliphatic rings. The number of benzene rings is 2. The minimum Gasteiger partial charge on any atom is -0.325 e. The van der Waals surface area contributed by atoms with Gasteiger partial charge in [-0.25, -0.2) is 23.3 Å². The van der Waals surface area contributed by atoms with E-state index in [0.29, 0.717) is 24.3 Å². The summed E-state index contributed by atoms with van der Waals surface area (Å²) >= 11 is 5.98. The summed E-state index contributed by atoms with van der Waals surface area (Å²) in [7, 11) is -3.81. The number of carbonyl (C=O) groups excluding carboxylic acids is 2. The first kappa shape index (κ1) is 27.3. The predicted molar refractivity (Wildman–Crippen MR) is 133 cm³/mol. The number of aromatic nitrogens is 3. The monoisotopic (exact) mass is 534 g/mol. The highest BCUT2D eigenvalue weighted by atomic mass is 35.5. The molecule has 0 aliphatic heterocycles. The van der Waals surface area contributed by atoms with Gasteiger partial charge in [0, 0.05) is 5.69 Å². The van der Waals surface area contributed by atoms with E-state index >= 15 is 0 Å². The summed E-state index contributed by atoms with van der Waals surface area (Å²) < 4.78 is 28.9. The van der Waals surface area contributed by atoms with Crippen LogP contribution in [0.3, 0.4) is 0 Å². The van der Waals surface area contributed by atoms with Gasteiger partial charge in [0.1, 0.15) is 10.8 Å². The van der Waals surface area contributed by atoms with Crippen molar-refractivity contribution in [2.24, 2.45) is 11.8 Å². The third-order valence-corrected chi connectivity index (χ3v) is 7.07.